The third kappa shape index (κ3) is 3.31. The average Bonchev–Trinajstić information content (AvgIpc) is 3.09. The second-order valence-corrected chi connectivity index (χ2v) is 6.32. The van der Waals surface area contributed by atoms with E-state index in [1.807, 2.05) is 55.5 Å². The van der Waals surface area contributed by atoms with Gasteiger partial charge >= 0.3 is 0 Å². The third-order valence-corrected chi connectivity index (χ3v) is 4.50. The highest BCUT2D eigenvalue weighted by atomic mass is 16.6. The fourth-order valence-corrected chi connectivity index (χ4v) is 3.10. The molecule has 4 rings (SSSR count). The van der Waals surface area contributed by atoms with Crippen LogP contribution in [0.5, 0.6) is 11.5 Å². The molecule has 0 aliphatic carbocycles. The lowest BCUT2D eigenvalue weighted by atomic mass is 10.0. The number of H-pyrrole nitrogens is 1. The van der Waals surface area contributed by atoms with E-state index in [4.69, 9.17) is 15.2 Å². The summed E-state index contributed by atoms with van der Waals surface area (Å²) >= 11 is 0. The Kier molecular flexibility index (Phi) is 4.42. The number of nitrogens with two attached hydrogens (primary N) is 1. The predicted molar refractivity (Wildman–Crippen MR) is 102 cm³/mol. The van der Waals surface area contributed by atoms with Crippen LogP contribution in [0.1, 0.15) is 29.0 Å². The van der Waals surface area contributed by atoms with Crippen molar-refractivity contribution < 1.29 is 14.3 Å². The van der Waals surface area contributed by atoms with Crippen molar-refractivity contribution in [2.75, 3.05) is 18.9 Å². The average molecular weight is 364 g/mol. The Morgan fingerprint density at radius 1 is 1.15 bits per heavy atom. The van der Waals surface area contributed by atoms with Crippen molar-refractivity contribution >= 4 is 11.7 Å². The minimum Gasteiger partial charge on any atom is -0.486 e. The maximum atomic E-state index is 12.8. The van der Waals surface area contributed by atoms with Crippen molar-refractivity contribution in [3.05, 3.63) is 59.8 Å². The Hall–Kier alpha value is -3.48. The van der Waals surface area contributed by atoms with Gasteiger partial charge in [-0.1, -0.05) is 36.4 Å². The van der Waals surface area contributed by atoms with Crippen LogP contribution in [0.25, 0.3) is 11.1 Å². The molecular formula is C20H20N4O3. The fourth-order valence-electron chi connectivity index (χ4n) is 3.10. The van der Waals surface area contributed by atoms with Crippen LogP contribution in [0, 0.1) is 0 Å². The molecule has 0 bridgehead atoms. The maximum absolute atomic E-state index is 12.8. The number of benzene rings is 2. The quantitative estimate of drug-likeness (QED) is 0.661. The molecule has 1 atom stereocenters. The zero-order chi connectivity index (χ0) is 18.8. The summed E-state index contributed by atoms with van der Waals surface area (Å²) < 4.78 is 11.2. The van der Waals surface area contributed by atoms with E-state index in [2.05, 4.69) is 15.5 Å². The molecule has 2 aromatic carbocycles. The van der Waals surface area contributed by atoms with Crippen molar-refractivity contribution in [1.82, 2.24) is 15.5 Å². The van der Waals surface area contributed by atoms with Crippen LogP contribution >= 0.6 is 0 Å². The van der Waals surface area contributed by atoms with E-state index in [-0.39, 0.29) is 11.9 Å². The fraction of sp³-hybridized carbons (Fsp3) is 0.200. The molecule has 1 aromatic heterocycles. The highest BCUT2D eigenvalue weighted by molar-refractivity contribution is 6.01. The summed E-state index contributed by atoms with van der Waals surface area (Å²) in [5.41, 5.74) is 8.66. The number of ether oxygens (including phenoxy) is 2. The summed E-state index contributed by atoms with van der Waals surface area (Å²) in [4.78, 5) is 12.8. The molecule has 7 nitrogen and oxygen atoms in total. The number of nitrogens with zero attached hydrogens (tertiary/aromatic N) is 1. The number of anilines is 1. The molecular weight excluding hydrogens is 344 g/mol. The van der Waals surface area contributed by atoms with Gasteiger partial charge in [-0.3, -0.25) is 9.89 Å². The van der Waals surface area contributed by atoms with Crippen molar-refractivity contribution in [3.63, 3.8) is 0 Å². The number of carbonyl (C=O) groups excluding carboxylic acids is 1. The Morgan fingerprint density at radius 2 is 1.89 bits per heavy atom. The number of aromatic nitrogens is 2. The van der Waals surface area contributed by atoms with Gasteiger partial charge in [-0.05, 0) is 30.2 Å². The lowest BCUT2D eigenvalue weighted by molar-refractivity contribution is 0.0935. The lowest BCUT2D eigenvalue weighted by Crippen LogP contribution is -2.27. The van der Waals surface area contributed by atoms with Gasteiger partial charge in [-0.2, -0.15) is 5.10 Å². The minimum atomic E-state index is -0.277. The van der Waals surface area contributed by atoms with Gasteiger partial charge in [0, 0.05) is 0 Å². The van der Waals surface area contributed by atoms with Crippen LogP contribution in [0.2, 0.25) is 0 Å². The van der Waals surface area contributed by atoms with Gasteiger partial charge in [0.25, 0.3) is 5.91 Å². The highest BCUT2D eigenvalue weighted by Gasteiger charge is 2.22. The molecule has 0 unspecified atom stereocenters. The molecule has 0 fully saturated rings. The van der Waals surface area contributed by atoms with Crippen molar-refractivity contribution in [2.45, 2.75) is 13.0 Å². The molecule has 1 amide bonds. The zero-order valence-electron chi connectivity index (χ0n) is 14.9. The standard InChI is InChI=1S/C20H20N4O3/c1-12(14-7-8-15-16(11-14)27-10-9-26-15)22-20(25)18-17(19(21)24-23-18)13-5-3-2-4-6-13/h2-8,11-12H,9-10H2,1H3,(H,22,25)(H3,21,23,24)/t12-/m1/s1. The molecule has 4 N–H and O–H groups in total. The number of aromatic amines is 1. The molecule has 0 saturated heterocycles. The summed E-state index contributed by atoms with van der Waals surface area (Å²) in [6.07, 6.45) is 0. The molecule has 0 radical (unpaired) electrons. The van der Waals surface area contributed by atoms with E-state index in [1.165, 1.54) is 0 Å². The number of carbonyl (C=O) groups is 1. The number of nitrogen functional groups attached to an aromatic ring is 1. The zero-order valence-corrected chi connectivity index (χ0v) is 14.9. The van der Waals surface area contributed by atoms with Gasteiger partial charge in [0.15, 0.2) is 17.3 Å². The Labute approximate surface area is 156 Å². The first kappa shape index (κ1) is 17.0. The van der Waals surface area contributed by atoms with Crippen molar-refractivity contribution in [1.29, 1.82) is 0 Å². The molecule has 3 aromatic rings. The normalized spacial score (nSPS) is 13.8. The van der Waals surface area contributed by atoms with Crippen LogP contribution < -0.4 is 20.5 Å². The first-order chi connectivity index (χ1) is 13.1. The second-order valence-electron chi connectivity index (χ2n) is 6.32. The van der Waals surface area contributed by atoms with Gasteiger partial charge in [-0.25, -0.2) is 0 Å². The van der Waals surface area contributed by atoms with Gasteiger partial charge < -0.3 is 20.5 Å². The number of hydrogen-bond acceptors (Lipinski definition) is 5. The van der Waals surface area contributed by atoms with Crippen LogP contribution in [0.3, 0.4) is 0 Å². The number of amides is 1. The summed E-state index contributed by atoms with van der Waals surface area (Å²) in [5.74, 6) is 1.42. The summed E-state index contributed by atoms with van der Waals surface area (Å²) in [5, 5.41) is 9.74. The van der Waals surface area contributed by atoms with Crippen LogP contribution in [0.15, 0.2) is 48.5 Å². The van der Waals surface area contributed by atoms with E-state index in [0.29, 0.717) is 36.0 Å². The van der Waals surface area contributed by atoms with Gasteiger partial charge in [-0.15, -0.1) is 0 Å². The Morgan fingerprint density at radius 3 is 2.67 bits per heavy atom. The number of hydrogen-bond donors (Lipinski definition) is 3. The van der Waals surface area contributed by atoms with Gasteiger partial charge in [0.1, 0.15) is 18.9 Å². The largest absolute Gasteiger partial charge is 0.486 e. The topological polar surface area (TPSA) is 102 Å². The summed E-state index contributed by atoms with van der Waals surface area (Å²) in [7, 11) is 0. The SMILES string of the molecule is C[C@@H](NC(=O)c1[nH]nc(N)c1-c1ccccc1)c1ccc2c(c1)OCCO2. The summed E-state index contributed by atoms with van der Waals surface area (Å²) in [6, 6.07) is 14.9. The number of rotatable bonds is 4. The first-order valence-corrected chi connectivity index (χ1v) is 8.73. The maximum Gasteiger partial charge on any atom is 0.270 e. The van der Waals surface area contributed by atoms with E-state index < -0.39 is 0 Å². The van der Waals surface area contributed by atoms with E-state index in [9.17, 15) is 4.79 Å². The second kappa shape index (κ2) is 7.03. The molecule has 138 valence electrons. The molecule has 27 heavy (non-hydrogen) atoms. The minimum absolute atomic E-state index is 0.235. The molecule has 2 heterocycles. The van der Waals surface area contributed by atoms with E-state index >= 15 is 0 Å². The molecule has 1 aliphatic heterocycles. The van der Waals surface area contributed by atoms with E-state index in [1.54, 1.807) is 0 Å². The van der Waals surface area contributed by atoms with E-state index in [0.717, 1.165) is 16.9 Å². The van der Waals surface area contributed by atoms with Gasteiger partial charge in [0.05, 0.1) is 11.6 Å². The third-order valence-electron chi connectivity index (χ3n) is 4.50. The molecule has 1 aliphatic rings. The Balaban J connectivity index is 1.56. The monoisotopic (exact) mass is 364 g/mol. The van der Waals surface area contributed by atoms with Crippen molar-refractivity contribution in [2.24, 2.45) is 0 Å². The van der Waals surface area contributed by atoms with Crippen molar-refractivity contribution in [3.8, 4) is 22.6 Å². The molecule has 0 spiro atoms. The predicted octanol–water partition coefficient (Wildman–Crippen LogP) is 2.92. The molecule has 7 heteroatoms. The smallest absolute Gasteiger partial charge is 0.270 e. The first-order valence-electron chi connectivity index (χ1n) is 8.73. The van der Waals surface area contributed by atoms with Crippen LogP contribution in [0.4, 0.5) is 5.82 Å². The van der Waals surface area contributed by atoms with Crippen LogP contribution in [-0.4, -0.2) is 29.3 Å². The Bertz CT molecular complexity index is 969. The van der Waals surface area contributed by atoms with Crippen LogP contribution in [-0.2, 0) is 0 Å². The molecule has 0 saturated carbocycles. The lowest BCUT2D eigenvalue weighted by Gasteiger charge is -2.21. The number of fused-ring (bicyclic) bond motifs is 1. The number of nitrogens with one attached hydrogen (secondary N) is 2. The summed E-state index contributed by atoms with van der Waals surface area (Å²) in [6.45, 7) is 2.97. The highest BCUT2D eigenvalue weighted by Crippen LogP contribution is 2.33. The van der Waals surface area contributed by atoms with Gasteiger partial charge in [0.2, 0.25) is 0 Å².